The molecule has 0 aliphatic rings. The van der Waals surface area contributed by atoms with Gasteiger partial charge in [0, 0.05) is 24.5 Å². The first-order valence-corrected chi connectivity index (χ1v) is 6.86. The topological polar surface area (TPSA) is 52.0 Å². The van der Waals surface area contributed by atoms with E-state index in [9.17, 15) is 5.26 Å². The van der Waals surface area contributed by atoms with Crippen LogP contribution in [0.2, 0.25) is 0 Å². The van der Waals surface area contributed by atoms with E-state index >= 15 is 0 Å². The van der Waals surface area contributed by atoms with Gasteiger partial charge in [0.25, 0.3) is 0 Å². The van der Waals surface area contributed by atoms with Crippen LogP contribution in [0, 0.1) is 11.3 Å². The summed E-state index contributed by atoms with van der Waals surface area (Å²) in [5.74, 6) is 0.761. The van der Waals surface area contributed by atoms with Gasteiger partial charge in [-0.2, -0.15) is 5.26 Å². The molecule has 4 heteroatoms. The molecular weight excluding hydrogens is 248 g/mol. The van der Waals surface area contributed by atoms with Gasteiger partial charge in [0.05, 0.1) is 17.1 Å². The minimum atomic E-state index is 0.524. The minimum absolute atomic E-state index is 0.524. The number of hydrogen-bond acceptors (Lipinski definition) is 4. The highest BCUT2D eigenvalue weighted by Gasteiger charge is 2.06. The molecule has 2 aromatic rings. The van der Waals surface area contributed by atoms with Crippen LogP contribution in [0.1, 0.15) is 19.4 Å². The molecule has 104 valence electrons. The Bertz CT molecular complexity index is 628. The van der Waals surface area contributed by atoms with Crippen LogP contribution < -0.4 is 5.32 Å². The maximum Gasteiger partial charge on any atom is 0.128 e. The molecule has 0 aliphatic carbocycles. The summed E-state index contributed by atoms with van der Waals surface area (Å²) in [6, 6.07) is 12.3. The molecule has 1 N–H and O–H groups in total. The molecule has 0 fully saturated rings. The summed E-state index contributed by atoms with van der Waals surface area (Å²) < 4.78 is 0. The van der Waals surface area contributed by atoms with Crippen molar-refractivity contribution >= 4 is 16.7 Å². The summed E-state index contributed by atoms with van der Waals surface area (Å²) >= 11 is 0. The summed E-state index contributed by atoms with van der Waals surface area (Å²) in [5, 5.41) is 13.4. The third-order valence-corrected chi connectivity index (χ3v) is 3.49. The van der Waals surface area contributed by atoms with Crippen LogP contribution in [0.3, 0.4) is 0 Å². The van der Waals surface area contributed by atoms with Crippen molar-refractivity contribution in [2.24, 2.45) is 0 Å². The maximum absolute atomic E-state index is 9.23. The quantitative estimate of drug-likeness (QED) is 0.906. The van der Waals surface area contributed by atoms with Crippen LogP contribution in [-0.2, 0) is 0 Å². The summed E-state index contributed by atoms with van der Waals surface area (Å²) in [7, 11) is 2.10. The molecule has 0 bridgehead atoms. The highest BCUT2D eigenvalue weighted by atomic mass is 15.1. The van der Waals surface area contributed by atoms with Crippen molar-refractivity contribution in [3.05, 3.63) is 35.9 Å². The number of anilines is 1. The Morgan fingerprint density at radius 2 is 2.10 bits per heavy atom. The summed E-state index contributed by atoms with van der Waals surface area (Å²) in [6.07, 6.45) is 0. The minimum Gasteiger partial charge on any atom is -0.369 e. The third-order valence-electron chi connectivity index (χ3n) is 3.49. The van der Waals surface area contributed by atoms with Crippen LogP contribution in [0.4, 0.5) is 5.82 Å². The molecule has 20 heavy (non-hydrogen) atoms. The van der Waals surface area contributed by atoms with Crippen molar-refractivity contribution in [2.75, 3.05) is 25.5 Å². The van der Waals surface area contributed by atoms with Gasteiger partial charge in [-0.3, -0.25) is 0 Å². The molecule has 0 amide bonds. The number of aromatic nitrogens is 1. The van der Waals surface area contributed by atoms with Gasteiger partial charge in [0.15, 0.2) is 0 Å². The second kappa shape index (κ2) is 6.36. The SMILES string of the molecule is CC(C)N(C)CCNc1cc(C#N)c2ccccc2n1. The number of fused-ring (bicyclic) bond motifs is 1. The molecule has 0 atom stereocenters. The highest BCUT2D eigenvalue weighted by Crippen LogP contribution is 2.19. The second-order valence-electron chi connectivity index (χ2n) is 5.19. The Balaban J connectivity index is 2.13. The van der Waals surface area contributed by atoms with E-state index in [-0.39, 0.29) is 0 Å². The lowest BCUT2D eigenvalue weighted by Gasteiger charge is -2.21. The van der Waals surface area contributed by atoms with E-state index in [2.05, 4.69) is 42.2 Å². The Kier molecular flexibility index (Phi) is 4.54. The predicted molar refractivity (Wildman–Crippen MR) is 82.7 cm³/mol. The first-order valence-electron chi connectivity index (χ1n) is 6.86. The van der Waals surface area contributed by atoms with Crippen molar-refractivity contribution in [3.8, 4) is 6.07 Å². The number of nitrogens with one attached hydrogen (secondary N) is 1. The zero-order valence-electron chi connectivity index (χ0n) is 12.2. The largest absolute Gasteiger partial charge is 0.369 e. The lowest BCUT2D eigenvalue weighted by atomic mass is 10.1. The number of likely N-dealkylation sites (N-methyl/N-ethyl adjacent to an activating group) is 1. The molecule has 1 aromatic heterocycles. The third kappa shape index (κ3) is 3.25. The Hall–Kier alpha value is -2.12. The van der Waals surface area contributed by atoms with Crippen molar-refractivity contribution in [1.82, 2.24) is 9.88 Å². The standard InChI is InChI=1S/C16H20N4/c1-12(2)20(3)9-8-18-16-10-13(11-17)14-6-4-5-7-15(14)19-16/h4-7,10,12H,8-9H2,1-3H3,(H,18,19). The Morgan fingerprint density at radius 1 is 1.35 bits per heavy atom. The number of para-hydroxylation sites is 1. The Morgan fingerprint density at radius 3 is 2.80 bits per heavy atom. The normalized spacial score (nSPS) is 11.0. The Labute approximate surface area is 120 Å². The molecule has 0 saturated carbocycles. The van der Waals surface area contributed by atoms with Crippen molar-refractivity contribution < 1.29 is 0 Å². The zero-order valence-corrected chi connectivity index (χ0v) is 12.2. The van der Waals surface area contributed by atoms with Gasteiger partial charge in [0.1, 0.15) is 5.82 Å². The summed E-state index contributed by atoms with van der Waals surface area (Å²) in [5.41, 5.74) is 1.52. The maximum atomic E-state index is 9.23. The van der Waals surface area contributed by atoms with Gasteiger partial charge in [-0.05, 0) is 33.0 Å². The number of nitrogens with zero attached hydrogens (tertiary/aromatic N) is 3. The number of pyridine rings is 1. The van der Waals surface area contributed by atoms with Crippen LogP contribution >= 0.6 is 0 Å². The molecule has 2 rings (SSSR count). The van der Waals surface area contributed by atoms with E-state index < -0.39 is 0 Å². The fourth-order valence-corrected chi connectivity index (χ4v) is 1.98. The molecule has 1 heterocycles. The number of benzene rings is 1. The smallest absolute Gasteiger partial charge is 0.128 e. The van der Waals surface area contributed by atoms with Crippen molar-refractivity contribution in [2.45, 2.75) is 19.9 Å². The molecule has 0 unspecified atom stereocenters. The lowest BCUT2D eigenvalue weighted by Crippen LogP contribution is -2.31. The number of hydrogen-bond donors (Lipinski definition) is 1. The van der Waals surface area contributed by atoms with Gasteiger partial charge in [-0.25, -0.2) is 4.98 Å². The zero-order chi connectivity index (χ0) is 14.5. The van der Waals surface area contributed by atoms with Crippen LogP contribution in [0.5, 0.6) is 0 Å². The molecular formula is C16H20N4. The van der Waals surface area contributed by atoms with Gasteiger partial charge in [-0.15, -0.1) is 0 Å². The monoisotopic (exact) mass is 268 g/mol. The lowest BCUT2D eigenvalue weighted by molar-refractivity contribution is 0.284. The van der Waals surface area contributed by atoms with E-state index in [1.54, 1.807) is 0 Å². The van der Waals surface area contributed by atoms with Crippen molar-refractivity contribution in [3.63, 3.8) is 0 Å². The van der Waals surface area contributed by atoms with Gasteiger partial charge in [-0.1, -0.05) is 18.2 Å². The van der Waals surface area contributed by atoms with E-state index in [1.807, 2.05) is 30.3 Å². The van der Waals surface area contributed by atoms with Gasteiger partial charge < -0.3 is 10.2 Å². The second-order valence-corrected chi connectivity index (χ2v) is 5.19. The molecule has 0 saturated heterocycles. The number of nitriles is 1. The highest BCUT2D eigenvalue weighted by molar-refractivity contribution is 5.86. The average Bonchev–Trinajstić information content (AvgIpc) is 2.46. The van der Waals surface area contributed by atoms with E-state index in [1.165, 1.54) is 0 Å². The molecule has 0 radical (unpaired) electrons. The van der Waals surface area contributed by atoms with Crippen LogP contribution in [0.15, 0.2) is 30.3 Å². The average molecular weight is 268 g/mol. The summed E-state index contributed by atoms with van der Waals surface area (Å²) in [6.45, 7) is 6.09. The fraction of sp³-hybridized carbons (Fsp3) is 0.375. The molecule has 1 aromatic carbocycles. The van der Waals surface area contributed by atoms with Crippen LogP contribution in [0.25, 0.3) is 10.9 Å². The number of rotatable bonds is 5. The van der Waals surface area contributed by atoms with Crippen molar-refractivity contribution in [1.29, 1.82) is 5.26 Å². The predicted octanol–water partition coefficient (Wildman–Crippen LogP) is 2.86. The molecule has 0 spiro atoms. The van der Waals surface area contributed by atoms with Crippen LogP contribution in [-0.4, -0.2) is 36.1 Å². The first-order chi connectivity index (χ1) is 9.61. The first kappa shape index (κ1) is 14.3. The van der Waals surface area contributed by atoms with E-state index in [0.717, 1.165) is 29.8 Å². The van der Waals surface area contributed by atoms with Gasteiger partial charge >= 0.3 is 0 Å². The summed E-state index contributed by atoms with van der Waals surface area (Å²) in [4.78, 5) is 6.81. The molecule has 4 nitrogen and oxygen atoms in total. The molecule has 0 aliphatic heterocycles. The van der Waals surface area contributed by atoms with E-state index in [0.29, 0.717) is 11.6 Å². The van der Waals surface area contributed by atoms with Gasteiger partial charge in [0.2, 0.25) is 0 Å². The fourth-order valence-electron chi connectivity index (χ4n) is 1.98. The van der Waals surface area contributed by atoms with E-state index in [4.69, 9.17) is 0 Å².